The van der Waals surface area contributed by atoms with Crippen molar-refractivity contribution in [1.29, 1.82) is 0 Å². The van der Waals surface area contributed by atoms with Crippen LogP contribution in [0.1, 0.15) is 51.2 Å². The fourth-order valence-electron chi connectivity index (χ4n) is 4.96. The van der Waals surface area contributed by atoms with E-state index in [1.807, 2.05) is 72.5 Å². The average Bonchev–Trinajstić information content (AvgIpc) is 2.84. The Morgan fingerprint density at radius 3 is 1.88 bits per heavy atom. The number of benzene rings is 3. The smallest absolute Gasteiger partial charge is 0.255 e. The molecule has 0 amide bonds. The summed E-state index contributed by atoms with van der Waals surface area (Å²) in [5, 5.41) is 0.759. The molecule has 1 fully saturated rings. The molecule has 0 unspecified atom stereocenters. The summed E-state index contributed by atoms with van der Waals surface area (Å²) in [5.41, 5.74) is 3.04. The second kappa shape index (κ2) is 10.7. The van der Waals surface area contributed by atoms with Gasteiger partial charge < -0.3 is 4.52 Å². The first-order valence-electron chi connectivity index (χ1n) is 12.1. The van der Waals surface area contributed by atoms with E-state index in [2.05, 4.69) is 45.0 Å². The van der Waals surface area contributed by atoms with Crippen molar-refractivity contribution in [1.82, 2.24) is 0 Å². The summed E-state index contributed by atoms with van der Waals surface area (Å²) in [5.74, 6) is 3.42. The molecule has 1 aliphatic carbocycles. The van der Waals surface area contributed by atoms with Crippen LogP contribution in [0, 0.1) is 17.8 Å². The highest BCUT2D eigenvalue weighted by atomic mass is 31.2. The zero-order chi connectivity index (χ0) is 23.3. The van der Waals surface area contributed by atoms with E-state index in [0.717, 1.165) is 34.8 Å². The van der Waals surface area contributed by atoms with Gasteiger partial charge in [-0.25, -0.2) is 0 Å². The Bertz CT molecular complexity index is 1050. The molecule has 33 heavy (non-hydrogen) atoms. The van der Waals surface area contributed by atoms with Crippen LogP contribution in [0.3, 0.4) is 0 Å². The van der Waals surface area contributed by atoms with E-state index in [0.29, 0.717) is 17.8 Å². The predicted molar refractivity (Wildman–Crippen MR) is 140 cm³/mol. The minimum Gasteiger partial charge on any atom is -0.319 e. The highest BCUT2D eigenvalue weighted by Gasteiger charge is 2.37. The largest absolute Gasteiger partial charge is 0.319 e. The van der Waals surface area contributed by atoms with Crippen molar-refractivity contribution < 1.29 is 9.09 Å². The third-order valence-corrected chi connectivity index (χ3v) is 9.04. The molecule has 0 saturated heterocycles. The van der Waals surface area contributed by atoms with Crippen LogP contribution in [0.25, 0.3) is 5.57 Å². The van der Waals surface area contributed by atoms with Crippen molar-refractivity contribution in [2.45, 2.75) is 46.1 Å². The third kappa shape index (κ3) is 5.75. The lowest BCUT2D eigenvalue weighted by molar-refractivity contribution is 0.0512. The summed E-state index contributed by atoms with van der Waals surface area (Å²) in [6.45, 7) is 6.81. The van der Waals surface area contributed by atoms with E-state index in [1.165, 1.54) is 6.42 Å². The van der Waals surface area contributed by atoms with Crippen LogP contribution in [0.5, 0.6) is 0 Å². The molecular formula is C30H35O2P. The van der Waals surface area contributed by atoms with Crippen LogP contribution in [0.2, 0.25) is 0 Å². The maximum atomic E-state index is 14.8. The van der Waals surface area contributed by atoms with Gasteiger partial charge in [-0.15, -0.1) is 0 Å². The fourth-order valence-corrected chi connectivity index (χ4v) is 7.16. The molecule has 0 radical (unpaired) electrons. The molecule has 0 heterocycles. The molecule has 3 aromatic carbocycles. The predicted octanol–water partition coefficient (Wildman–Crippen LogP) is 8.16. The zero-order valence-corrected chi connectivity index (χ0v) is 20.8. The number of hydrogen-bond donors (Lipinski definition) is 0. The summed E-state index contributed by atoms with van der Waals surface area (Å²) in [4.78, 5) is 0. The van der Waals surface area contributed by atoms with Crippen molar-refractivity contribution in [3.63, 3.8) is 0 Å². The standard InChI is InChI=1S/C30H35O2P/c1-23(2)28-20-19-24(3)21-30(28)32-33(31,27-17-11-6-12-18-27)22-29(25-13-7-4-8-14-25)26-15-9-5-10-16-26/h4-18,22-24,28,30H,19-21H2,1-3H3/t24-,28+,30-,33+/m1/s1. The van der Waals surface area contributed by atoms with E-state index < -0.39 is 7.37 Å². The van der Waals surface area contributed by atoms with Gasteiger partial charge in [-0.3, -0.25) is 4.57 Å². The molecule has 0 aromatic heterocycles. The molecule has 172 valence electrons. The van der Waals surface area contributed by atoms with Gasteiger partial charge in [0, 0.05) is 11.1 Å². The summed E-state index contributed by atoms with van der Waals surface area (Å²) in [6, 6.07) is 30.2. The van der Waals surface area contributed by atoms with E-state index in [4.69, 9.17) is 4.52 Å². The summed E-state index contributed by atoms with van der Waals surface area (Å²) in [6.07, 6.45) is 3.29. The van der Waals surface area contributed by atoms with E-state index >= 15 is 0 Å². The maximum Gasteiger partial charge on any atom is 0.255 e. The Hall–Kier alpha value is -2.41. The molecule has 0 aliphatic heterocycles. The highest BCUT2D eigenvalue weighted by Crippen LogP contribution is 2.54. The molecule has 0 spiro atoms. The normalized spacial score (nSPS) is 22.5. The van der Waals surface area contributed by atoms with Crippen molar-refractivity contribution in [2.75, 3.05) is 0 Å². The summed E-state index contributed by atoms with van der Waals surface area (Å²) in [7, 11) is -3.29. The van der Waals surface area contributed by atoms with Crippen LogP contribution in [-0.4, -0.2) is 6.10 Å². The molecule has 1 saturated carbocycles. The Morgan fingerprint density at radius 2 is 1.36 bits per heavy atom. The first kappa shape index (κ1) is 23.7. The van der Waals surface area contributed by atoms with Crippen LogP contribution in [0.4, 0.5) is 0 Å². The molecule has 0 N–H and O–H groups in total. The Kier molecular flexibility index (Phi) is 7.68. The van der Waals surface area contributed by atoms with E-state index in [-0.39, 0.29) is 6.10 Å². The van der Waals surface area contributed by atoms with Gasteiger partial charge in [0.1, 0.15) is 0 Å². The molecule has 4 rings (SSSR count). The van der Waals surface area contributed by atoms with Crippen molar-refractivity contribution in [2.24, 2.45) is 17.8 Å². The van der Waals surface area contributed by atoms with Gasteiger partial charge in [0.15, 0.2) is 0 Å². The molecule has 2 nitrogen and oxygen atoms in total. The maximum absolute atomic E-state index is 14.8. The third-order valence-electron chi connectivity index (χ3n) is 6.84. The SMILES string of the molecule is CC(C)[C@@H]1CC[C@@H](C)C[C@H]1O[P@@](=O)(C=C(c1ccccc1)c1ccccc1)c1ccccc1. The van der Waals surface area contributed by atoms with Crippen LogP contribution in [-0.2, 0) is 9.09 Å². The van der Waals surface area contributed by atoms with Gasteiger partial charge in [-0.2, -0.15) is 0 Å². The summed E-state index contributed by atoms with van der Waals surface area (Å²) >= 11 is 0. The Balaban J connectivity index is 1.84. The monoisotopic (exact) mass is 458 g/mol. The van der Waals surface area contributed by atoms with Crippen LogP contribution in [0.15, 0.2) is 96.8 Å². The lowest BCUT2D eigenvalue weighted by Crippen LogP contribution is -2.34. The average molecular weight is 459 g/mol. The van der Waals surface area contributed by atoms with Crippen LogP contribution >= 0.6 is 7.37 Å². The fraction of sp³-hybridized carbons (Fsp3) is 0.333. The second-order valence-corrected chi connectivity index (χ2v) is 11.9. The van der Waals surface area contributed by atoms with E-state index in [1.54, 1.807) is 0 Å². The highest BCUT2D eigenvalue weighted by molar-refractivity contribution is 7.70. The van der Waals surface area contributed by atoms with Gasteiger partial charge in [-0.1, -0.05) is 106 Å². The number of rotatable bonds is 7. The number of hydrogen-bond acceptors (Lipinski definition) is 2. The topological polar surface area (TPSA) is 26.3 Å². The molecule has 0 bridgehead atoms. The second-order valence-electron chi connectivity index (χ2n) is 9.68. The Morgan fingerprint density at radius 1 is 0.848 bits per heavy atom. The van der Waals surface area contributed by atoms with Gasteiger partial charge in [0.2, 0.25) is 0 Å². The van der Waals surface area contributed by atoms with Crippen LogP contribution < -0.4 is 5.30 Å². The minimum atomic E-state index is -3.29. The lowest BCUT2D eigenvalue weighted by Gasteiger charge is -2.38. The molecule has 3 heteroatoms. The van der Waals surface area contributed by atoms with Gasteiger partial charge in [-0.05, 0) is 59.4 Å². The van der Waals surface area contributed by atoms with Crippen molar-refractivity contribution in [3.8, 4) is 0 Å². The van der Waals surface area contributed by atoms with Crippen molar-refractivity contribution in [3.05, 3.63) is 108 Å². The quantitative estimate of drug-likeness (QED) is 0.334. The first-order chi connectivity index (χ1) is 16.0. The van der Waals surface area contributed by atoms with Gasteiger partial charge in [0.25, 0.3) is 7.37 Å². The Labute approximate surface area is 199 Å². The first-order valence-corrected chi connectivity index (χ1v) is 13.8. The van der Waals surface area contributed by atoms with Gasteiger partial charge >= 0.3 is 0 Å². The van der Waals surface area contributed by atoms with Gasteiger partial charge in [0.05, 0.1) is 6.10 Å². The van der Waals surface area contributed by atoms with Crippen molar-refractivity contribution >= 4 is 18.2 Å². The molecular weight excluding hydrogens is 423 g/mol. The lowest BCUT2D eigenvalue weighted by atomic mass is 9.75. The molecule has 4 atom stereocenters. The molecule has 1 aliphatic rings. The molecule has 3 aromatic rings. The van der Waals surface area contributed by atoms with E-state index in [9.17, 15) is 4.57 Å². The minimum absolute atomic E-state index is 0.0103. The zero-order valence-electron chi connectivity index (χ0n) is 19.9. The summed E-state index contributed by atoms with van der Waals surface area (Å²) < 4.78 is 21.6.